The highest BCUT2D eigenvalue weighted by Crippen LogP contribution is 2.49. The Morgan fingerprint density at radius 1 is 1.12 bits per heavy atom. The Hall–Kier alpha value is -1.98. The van der Waals surface area contributed by atoms with Crippen LogP contribution in [0, 0.1) is 0 Å². The Labute approximate surface area is 157 Å². The molecule has 0 bridgehead atoms. The lowest BCUT2D eigenvalue weighted by atomic mass is 9.82. The van der Waals surface area contributed by atoms with Crippen LogP contribution in [0.5, 0.6) is 0 Å². The SMILES string of the molecule is CC(=O)C[C@@H](c1ccccc1)[C@]1(C)SC(=S)N(c2ccccc2)C1=O. The van der Waals surface area contributed by atoms with E-state index in [9.17, 15) is 9.59 Å². The van der Waals surface area contributed by atoms with Crippen molar-refractivity contribution in [3.63, 3.8) is 0 Å². The van der Waals surface area contributed by atoms with Crippen molar-refractivity contribution in [3.8, 4) is 0 Å². The first kappa shape index (κ1) is 17.8. The summed E-state index contributed by atoms with van der Waals surface area (Å²) in [6.07, 6.45) is 0.310. The number of thioether (sulfide) groups is 1. The second-order valence-electron chi connectivity index (χ2n) is 6.32. The number of rotatable bonds is 5. The summed E-state index contributed by atoms with van der Waals surface area (Å²) in [6.45, 7) is 3.46. The van der Waals surface area contributed by atoms with Crippen LogP contribution >= 0.6 is 24.0 Å². The molecule has 1 aliphatic rings. The second-order valence-corrected chi connectivity index (χ2v) is 8.40. The molecule has 1 heterocycles. The maximum atomic E-state index is 13.3. The Balaban J connectivity index is 2.02. The minimum Gasteiger partial charge on any atom is -0.300 e. The van der Waals surface area contributed by atoms with Gasteiger partial charge in [-0.05, 0) is 31.5 Å². The second kappa shape index (κ2) is 7.10. The summed E-state index contributed by atoms with van der Waals surface area (Å²) in [5.41, 5.74) is 1.75. The zero-order valence-corrected chi connectivity index (χ0v) is 15.8. The van der Waals surface area contributed by atoms with E-state index in [4.69, 9.17) is 12.2 Å². The minimum absolute atomic E-state index is 0.0626. The third-order valence-electron chi connectivity index (χ3n) is 4.48. The zero-order valence-electron chi connectivity index (χ0n) is 14.1. The minimum atomic E-state index is -0.806. The van der Waals surface area contributed by atoms with Crippen LogP contribution in [-0.2, 0) is 9.59 Å². The molecule has 0 aliphatic carbocycles. The monoisotopic (exact) mass is 369 g/mol. The van der Waals surface area contributed by atoms with Crippen LogP contribution in [0.4, 0.5) is 5.69 Å². The molecule has 0 unspecified atom stereocenters. The van der Waals surface area contributed by atoms with Crippen molar-refractivity contribution < 1.29 is 9.59 Å². The van der Waals surface area contributed by atoms with Gasteiger partial charge in [-0.2, -0.15) is 0 Å². The van der Waals surface area contributed by atoms with Crippen LogP contribution in [0.15, 0.2) is 60.7 Å². The van der Waals surface area contributed by atoms with E-state index in [1.807, 2.05) is 67.6 Å². The summed E-state index contributed by atoms with van der Waals surface area (Å²) in [5.74, 6) is -0.230. The van der Waals surface area contributed by atoms with Gasteiger partial charge >= 0.3 is 0 Å². The molecule has 0 spiro atoms. The number of ketones is 1. The third kappa shape index (κ3) is 3.39. The van der Waals surface area contributed by atoms with E-state index >= 15 is 0 Å². The molecular formula is C20H19NO2S2. The molecule has 1 fully saturated rings. The fraction of sp³-hybridized carbons (Fsp3) is 0.250. The van der Waals surface area contributed by atoms with Crippen molar-refractivity contribution in [1.82, 2.24) is 0 Å². The number of benzene rings is 2. The number of hydrogen-bond donors (Lipinski definition) is 0. The topological polar surface area (TPSA) is 37.4 Å². The summed E-state index contributed by atoms with van der Waals surface area (Å²) in [7, 11) is 0. The van der Waals surface area contributed by atoms with Crippen molar-refractivity contribution in [2.45, 2.75) is 30.9 Å². The molecule has 1 amide bonds. The third-order valence-corrected chi connectivity index (χ3v) is 6.16. The molecule has 1 aliphatic heterocycles. The van der Waals surface area contributed by atoms with E-state index in [0.717, 1.165) is 11.3 Å². The highest BCUT2D eigenvalue weighted by molar-refractivity contribution is 8.25. The average molecular weight is 370 g/mol. The molecule has 2 aromatic rings. The van der Waals surface area contributed by atoms with Gasteiger partial charge in [-0.1, -0.05) is 72.5 Å². The van der Waals surface area contributed by atoms with Crippen molar-refractivity contribution in [3.05, 3.63) is 66.2 Å². The van der Waals surface area contributed by atoms with Gasteiger partial charge in [0.2, 0.25) is 5.91 Å². The summed E-state index contributed by atoms with van der Waals surface area (Å²) >= 11 is 6.89. The number of nitrogens with zero attached hydrogens (tertiary/aromatic N) is 1. The van der Waals surface area contributed by atoms with E-state index in [1.54, 1.807) is 11.8 Å². The molecule has 128 valence electrons. The fourth-order valence-corrected chi connectivity index (χ4v) is 5.09. The van der Waals surface area contributed by atoms with E-state index in [2.05, 4.69) is 0 Å². The fourth-order valence-electron chi connectivity index (χ4n) is 3.20. The smallest absolute Gasteiger partial charge is 0.249 e. The van der Waals surface area contributed by atoms with Crippen molar-refractivity contribution >= 4 is 45.7 Å². The number of Topliss-reactive ketones (excluding diaryl/α,β-unsaturated/α-hetero) is 1. The number of carbonyl (C=O) groups excluding carboxylic acids is 2. The number of anilines is 1. The first-order valence-electron chi connectivity index (χ1n) is 8.10. The van der Waals surface area contributed by atoms with E-state index in [0.29, 0.717) is 10.7 Å². The van der Waals surface area contributed by atoms with Gasteiger partial charge in [0, 0.05) is 12.3 Å². The van der Waals surface area contributed by atoms with Crippen LogP contribution in [0.25, 0.3) is 0 Å². The van der Waals surface area contributed by atoms with E-state index in [1.165, 1.54) is 11.8 Å². The van der Waals surface area contributed by atoms with Crippen LogP contribution in [0.2, 0.25) is 0 Å². The number of carbonyl (C=O) groups is 2. The Morgan fingerprint density at radius 3 is 2.24 bits per heavy atom. The maximum absolute atomic E-state index is 13.3. The van der Waals surface area contributed by atoms with Crippen LogP contribution in [0.3, 0.4) is 0 Å². The highest BCUT2D eigenvalue weighted by atomic mass is 32.2. The predicted octanol–water partition coefficient (Wildman–Crippen LogP) is 4.57. The molecule has 0 aromatic heterocycles. The number of hydrogen-bond acceptors (Lipinski definition) is 4. The molecule has 0 N–H and O–H groups in total. The molecule has 25 heavy (non-hydrogen) atoms. The Kier molecular flexibility index (Phi) is 5.06. The van der Waals surface area contributed by atoms with E-state index < -0.39 is 4.75 Å². The van der Waals surface area contributed by atoms with Crippen molar-refractivity contribution in [2.24, 2.45) is 0 Å². The lowest BCUT2D eigenvalue weighted by Gasteiger charge is -2.31. The standard InChI is InChI=1S/C20H19NO2S2/c1-14(22)13-17(15-9-5-3-6-10-15)20(2)18(23)21(19(24)25-20)16-11-7-4-8-12-16/h3-12,17H,13H2,1-2H3/t17-,20-/m0/s1. The summed E-state index contributed by atoms with van der Waals surface area (Å²) in [4.78, 5) is 26.8. The van der Waals surface area contributed by atoms with Gasteiger partial charge in [-0.3, -0.25) is 9.69 Å². The van der Waals surface area contributed by atoms with Crippen LogP contribution in [-0.4, -0.2) is 20.8 Å². The number of amides is 1. The van der Waals surface area contributed by atoms with Gasteiger partial charge in [0.15, 0.2) is 0 Å². The van der Waals surface area contributed by atoms with Gasteiger partial charge in [0.1, 0.15) is 14.9 Å². The lowest BCUT2D eigenvalue weighted by molar-refractivity contribution is -0.120. The zero-order chi connectivity index (χ0) is 18.0. The van der Waals surface area contributed by atoms with Crippen molar-refractivity contribution in [2.75, 3.05) is 4.90 Å². The van der Waals surface area contributed by atoms with Gasteiger partial charge in [-0.25, -0.2) is 0 Å². The average Bonchev–Trinajstić information content (AvgIpc) is 2.84. The maximum Gasteiger partial charge on any atom is 0.249 e. The summed E-state index contributed by atoms with van der Waals surface area (Å²) < 4.78 is -0.275. The largest absolute Gasteiger partial charge is 0.300 e. The number of thiocarbonyl (C=S) groups is 1. The molecule has 3 rings (SSSR count). The quantitative estimate of drug-likeness (QED) is 0.724. The van der Waals surface area contributed by atoms with Gasteiger partial charge in [0.25, 0.3) is 0 Å². The first-order valence-corrected chi connectivity index (χ1v) is 9.33. The van der Waals surface area contributed by atoms with Crippen LogP contribution in [0.1, 0.15) is 31.7 Å². The number of para-hydroxylation sites is 1. The normalized spacial score (nSPS) is 21.4. The molecule has 0 radical (unpaired) electrons. The van der Waals surface area contributed by atoms with Gasteiger partial charge in [-0.15, -0.1) is 0 Å². The molecule has 0 saturated carbocycles. The van der Waals surface area contributed by atoms with Crippen LogP contribution < -0.4 is 4.90 Å². The van der Waals surface area contributed by atoms with Gasteiger partial charge in [0.05, 0.1) is 5.69 Å². The molecule has 3 nitrogen and oxygen atoms in total. The Bertz CT molecular complexity index is 807. The summed E-state index contributed by atoms with van der Waals surface area (Å²) in [6, 6.07) is 19.2. The molecular weight excluding hydrogens is 350 g/mol. The highest BCUT2D eigenvalue weighted by Gasteiger charge is 2.53. The Morgan fingerprint density at radius 2 is 1.68 bits per heavy atom. The molecule has 2 aromatic carbocycles. The lowest BCUT2D eigenvalue weighted by Crippen LogP contribution is -2.42. The molecule has 5 heteroatoms. The molecule has 2 atom stereocenters. The molecule has 1 saturated heterocycles. The predicted molar refractivity (Wildman–Crippen MR) is 107 cm³/mol. The van der Waals surface area contributed by atoms with E-state index in [-0.39, 0.29) is 17.6 Å². The van der Waals surface area contributed by atoms with Crippen molar-refractivity contribution in [1.29, 1.82) is 0 Å². The first-order chi connectivity index (χ1) is 11.9. The van der Waals surface area contributed by atoms with Gasteiger partial charge < -0.3 is 4.79 Å². The summed E-state index contributed by atoms with van der Waals surface area (Å²) in [5, 5.41) is 0.